The molecule has 0 bridgehead atoms. The van der Waals surface area contributed by atoms with Gasteiger partial charge in [0.2, 0.25) is 5.91 Å². The highest BCUT2D eigenvalue weighted by molar-refractivity contribution is 5.76. The normalized spacial score (nSPS) is 12.8. The molecule has 0 fully saturated rings. The molecule has 1 aliphatic carbocycles. The molecule has 1 aliphatic rings. The van der Waals surface area contributed by atoms with Gasteiger partial charge < -0.3 is 14.4 Å². The van der Waals surface area contributed by atoms with E-state index in [1.165, 1.54) is 24.3 Å². The van der Waals surface area contributed by atoms with Crippen molar-refractivity contribution in [3.8, 4) is 11.1 Å². The van der Waals surface area contributed by atoms with Crippen LogP contribution in [0.25, 0.3) is 11.1 Å². The van der Waals surface area contributed by atoms with Gasteiger partial charge in [-0.1, -0.05) is 62.4 Å². The van der Waals surface area contributed by atoms with Gasteiger partial charge in [-0.2, -0.15) is 18.2 Å². The van der Waals surface area contributed by atoms with Crippen molar-refractivity contribution in [3.63, 3.8) is 0 Å². The van der Waals surface area contributed by atoms with Crippen LogP contribution in [0.5, 0.6) is 0 Å². The lowest BCUT2D eigenvalue weighted by molar-refractivity contribution is -0.137. The molecule has 0 radical (unpaired) electrons. The van der Waals surface area contributed by atoms with E-state index in [4.69, 9.17) is 0 Å². The topological polar surface area (TPSA) is 58.4 Å². The highest BCUT2D eigenvalue weighted by atomic mass is 19.4. The van der Waals surface area contributed by atoms with Crippen molar-refractivity contribution >= 4 is 5.91 Å². The number of carbonyl (C=O) groups is 1. The van der Waals surface area contributed by atoms with Crippen LogP contribution in [0.4, 0.5) is 17.6 Å². The minimum Gasteiger partial charge on any atom is -0.336 e. The first-order chi connectivity index (χ1) is 22.5. The average Bonchev–Trinajstić information content (AvgIpc) is 3.57. The monoisotopic (exact) mass is 648 g/mol. The zero-order valence-corrected chi connectivity index (χ0v) is 26.8. The quantitative estimate of drug-likeness (QED) is 0.151. The maximum absolute atomic E-state index is 14.1. The Balaban J connectivity index is 1.37. The predicted molar refractivity (Wildman–Crippen MR) is 174 cm³/mol. The number of rotatable bonds is 13. The van der Waals surface area contributed by atoms with Crippen LogP contribution in [0, 0.1) is 5.82 Å². The number of aryl methyl sites for hydroxylation is 2. The van der Waals surface area contributed by atoms with E-state index in [1.807, 2.05) is 33.7 Å². The SMILES string of the molecule is CCN(CC)CCN(Cc1ccc(-c2ccc(C(F)(F)F)cc2)cc1)C(=O)Cn1c(CCc2ccc(F)cc2)nc(=O)c2c1CCC2. The van der Waals surface area contributed by atoms with Crippen molar-refractivity contribution in [2.75, 3.05) is 26.2 Å². The summed E-state index contributed by atoms with van der Waals surface area (Å²) in [7, 11) is 0. The first-order valence-corrected chi connectivity index (χ1v) is 16.2. The van der Waals surface area contributed by atoms with Crippen molar-refractivity contribution in [2.45, 2.75) is 65.2 Å². The summed E-state index contributed by atoms with van der Waals surface area (Å²) in [4.78, 5) is 35.5. The molecule has 5 rings (SSSR count). The molecular weight excluding hydrogens is 608 g/mol. The number of benzene rings is 3. The van der Waals surface area contributed by atoms with Crippen LogP contribution in [0.1, 0.15) is 54.0 Å². The number of carbonyl (C=O) groups excluding carboxylic acids is 1. The molecule has 0 saturated carbocycles. The van der Waals surface area contributed by atoms with E-state index < -0.39 is 11.7 Å². The molecule has 6 nitrogen and oxygen atoms in total. The smallest absolute Gasteiger partial charge is 0.336 e. The molecule has 1 aromatic heterocycles. The van der Waals surface area contributed by atoms with Crippen molar-refractivity contribution in [2.24, 2.45) is 0 Å². The average molecular weight is 649 g/mol. The Morgan fingerprint density at radius 3 is 2.06 bits per heavy atom. The fourth-order valence-corrected chi connectivity index (χ4v) is 6.15. The maximum atomic E-state index is 14.1. The van der Waals surface area contributed by atoms with Crippen LogP contribution in [0.3, 0.4) is 0 Å². The van der Waals surface area contributed by atoms with E-state index in [-0.39, 0.29) is 23.8 Å². The Morgan fingerprint density at radius 2 is 1.45 bits per heavy atom. The Morgan fingerprint density at radius 1 is 0.830 bits per heavy atom. The van der Waals surface area contributed by atoms with Gasteiger partial charge in [0, 0.05) is 37.3 Å². The lowest BCUT2D eigenvalue weighted by Crippen LogP contribution is -2.40. The van der Waals surface area contributed by atoms with Crippen LogP contribution in [0.2, 0.25) is 0 Å². The Kier molecular flexibility index (Phi) is 10.9. The second-order valence-electron chi connectivity index (χ2n) is 11.9. The van der Waals surface area contributed by atoms with Crippen LogP contribution < -0.4 is 5.56 Å². The second-order valence-corrected chi connectivity index (χ2v) is 11.9. The zero-order chi connectivity index (χ0) is 33.6. The van der Waals surface area contributed by atoms with E-state index in [1.54, 1.807) is 12.1 Å². The van der Waals surface area contributed by atoms with Gasteiger partial charge in [-0.15, -0.1) is 0 Å². The number of nitrogens with zero attached hydrogens (tertiary/aromatic N) is 4. The first kappa shape index (κ1) is 34.0. The third-order valence-electron chi connectivity index (χ3n) is 8.96. The van der Waals surface area contributed by atoms with Crippen molar-refractivity contribution in [3.05, 3.63) is 123 Å². The Hall–Kier alpha value is -4.31. The van der Waals surface area contributed by atoms with Gasteiger partial charge in [0.15, 0.2) is 0 Å². The third-order valence-corrected chi connectivity index (χ3v) is 8.96. The molecule has 0 saturated heterocycles. The predicted octanol–water partition coefficient (Wildman–Crippen LogP) is 6.71. The molecule has 47 heavy (non-hydrogen) atoms. The fraction of sp³-hybridized carbons (Fsp3) is 0.378. The number of hydrogen-bond acceptors (Lipinski definition) is 4. The number of hydrogen-bond donors (Lipinski definition) is 0. The minimum atomic E-state index is -4.39. The third kappa shape index (κ3) is 8.54. The molecule has 0 unspecified atom stereocenters. The highest BCUT2D eigenvalue weighted by Crippen LogP contribution is 2.31. The van der Waals surface area contributed by atoms with Crippen molar-refractivity contribution in [1.82, 2.24) is 19.4 Å². The van der Waals surface area contributed by atoms with Gasteiger partial charge >= 0.3 is 6.18 Å². The van der Waals surface area contributed by atoms with Gasteiger partial charge in [0.05, 0.1) is 5.56 Å². The van der Waals surface area contributed by atoms with E-state index >= 15 is 0 Å². The van der Waals surface area contributed by atoms with Crippen LogP contribution in [0.15, 0.2) is 77.6 Å². The summed E-state index contributed by atoms with van der Waals surface area (Å²) in [5.74, 6) is 0.149. The lowest BCUT2D eigenvalue weighted by Gasteiger charge is -2.28. The highest BCUT2D eigenvalue weighted by Gasteiger charge is 2.30. The van der Waals surface area contributed by atoms with Gasteiger partial charge in [0.1, 0.15) is 18.2 Å². The molecule has 0 N–H and O–H groups in total. The first-order valence-electron chi connectivity index (χ1n) is 16.2. The molecule has 3 aromatic carbocycles. The number of likely N-dealkylation sites (N-methyl/N-ethyl adjacent to an activating group) is 1. The summed E-state index contributed by atoms with van der Waals surface area (Å²) in [6.07, 6.45) is -1.22. The van der Waals surface area contributed by atoms with E-state index in [0.29, 0.717) is 62.3 Å². The fourth-order valence-electron chi connectivity index (χ4n) is 6.15. The van der Waals surface area contributed by atoms with Crippen molar-refractivity contribution < 1.29 is 22.4 Å². The summed E-state index contributed by atoms with van der Waals surface area (Å²) in [5, 5.41) is 0. The zero-order valence-electron chi connectivity index (χ0n) is 26.8. The number of aromatic nitrogens is 2. The molecule has 4 aromatic rings. The number of alkyl halides is 3. The number of halogens is 4. The van der Waals surface area contributed by atoms with Crippen molar-refractivity contribution in [1.29, 1.82) is 0 Å². The summed E-state index contributed by atoms with van der Waals surface area (Å²) in [6, 6.07) is 18.8. The molecule has 10 heteroatoms. The molecule has 1 amide bonds. The van der Waals surface area contributed by atoms with E-state index in [9.17, 15) is 27.2 Å². The van der Waals surface area contributed by atoms with E-state index in [0.717, 1.165) is 54.0 Å². The molecule has 0 atom stereocenters. The van der Waals surface area contributed by atoms with Crippen LogP contribution in [-0.2, 0) is 49.7 Å². The van der Waals surface area contributed by atoms with Gasteiger partial charge in [0.25, 0.3) is 5.56 Å². The summed E-state index contributed by atoms with van der Waals surface area (Å²) < 4.78 is 54.4. The minimum absolute atomic E-state index is 0.0518. The largest absolute Gasteiger partial charge is 0.416 e. The standard InChI is InChI=1S/C37H40F4N4O2/c1-3-43(4-2)22-23-44(24-27-8-13-28(14-9-27)29-15-17-30(18-16-29)37(39,40)41)35(46)25-45-33-7-5-6-32(33)36(47)42-34(45)21-12-26-10-19-31(38)20-11-26/h8-11,13-20H,3-7,12,21-25H2,1-2H3. The van der Waals surface area contributed by atoms with Gasteiger partial charge in [-0.3, -0.25) is 9.59 Å². The summed E-state index contributed by atoms with van der Waals surface area (Å²) >= 11 is 0. The number of amides is 1. The molecule has 0 spiro atoms. The maximum Gasteiger partial charge on any atom is 0.416 e. The molecule has 0 aliphatic heterocycles. The molecule has 248 valence electrons. The Labute approximate surface area is 272 Å². The van der Waals surface area contributed by atoms with E-state index in [2.05, 4.69) is 23.7 Å². The van der Waals surface area contributed by atoms with Gasteiger partial charge in [-0.05, 0) is 85.3 Å². The summed E-state index contributed by atoms with van der Waals surface area (Å²) in [6.45, 7) is 7.47. The summed E-state index contributed by atoms with van der Waals surface area (Å²) in [5.41, 5.74) is 3.89. The molecular formula is C37H40F4N4O2. The lowest BCUT2D eigenvalue weighted by atomic mass is 10.0. The Bertz CT molecular complexity index is 1710. The second kappa shape index (κ2) is 15.1. The number of fused-ring (bicyclic) bond motifs is 1. The van der Waals surface area contributed by atoms with Crippen LogP contribution in [-0.4, -0.2) is 51.4 Å². The molecule has 1 heterocycles. The van der Waals surface area contributed by atoms with Crippen LogP contribution >= 0.6 is 0 Å². The van der Waals surface area contributed by atoms with Gasteiger partial charge in [-0.25, -0.2) is 4.39 Å².